The first kappa shape index (κ1) is 18.9. The summed E-state index contributed by atoms with van der Waals surface area (Å²) in [5.41, 5.74) is 3.99. The van der Waals surface area contributed by atoms with Crippen LogP contribution in [0.2, 0.25) is 0 Å². The van der Waals surface area contributed by atoms with Crippen molar-refractivity contribution in [3.8, 4) is 11.6 Å². The fourth-order valence-corrected chi connectivity index (χ4v) is 3.34. The highest BCUT2D eigenvalue weighted by atomic mass is 16.4. The third-order valence-corrected chi connectivity index (χ3v) is 4.87. The number of aryl methyl sites for hydroxylation is 2. The van der Waals surface area contributed by atoms with Crippen LogP contribution in [0.1, 0.15) is 30.4 Å². The quantitative estimate of drug-likeness (QED) is 0.513. The van der Waals surface area contributed by atoms with Gasteiger partial charge in [-0.3, -0.25) is 4.79 Å². The number of nitrogens with zero attached hydrogens (tertiary/aromatic N) is 3. The van der Waals surface area contributed by atoms with Crippen molar-refractivity contribution in [2.24, 2.45) is 0 Å². The third kappa shape index (κ3) is 4.21. The molecule has 0 aliphatic carbocycles. The largest absolute Gasteiger partial charge is 0.419 e. The van der Waals surface area contributed by atoms with Gasteiger partial charge in [-0.25, -0.2) is 0 Å². The molecule has 1 amide bonds. The van der Waals surface area contributed by atoms with Crippen LogP contribution in [0.4, 0.5) is 0 Å². The second-order valence-electron chi connectivity index (χ2n) is 7.19. The number of benzene rings is 2. The Labute approximate surface area is 169 Å². The molecular formula is C23H24N4O2. The molecule has 148 valence electrons. The molecular weight excluding hydrogens is 364 g/mol. The molecule has 6 nitrogen and oxygen atoms in total. The standard InChI is InChI=1S/C23H24N4O2/c1-3-6-22-25-26-23(29-22)20-13-18-7-4-5-8-19(18)27(20)15-21(28)24-14-17-11-9-16(2)10-12-17/h4-5,7-13H,3,6,14-15H2,1-2H3,(H,24,28). The lowest BCUT2D eigenvalue weighted by Crippen LogP contribution is -2.27. The Bertz CT molecular complexity index is 1130. The number of hydrogen-bond acceptors (Lipinski definition) is 4. The van der Waals surface area contributed by atoms with E-state index in [2.05, 4.69) is 22.4 Å². The second-order valence-corrected chi connectivity index (χ2v) is 7.19. The Hall–Kier alpha value is -3.41. The van der Waals surface area contributed by atoms with E-state index in [0.29, 0.717) is 18.3 Å². The number of fused-ring (bicyclic) bond motifs is 1. The van der Waals surface area contributed by atoms with Crippen molar-refractivity contribution in [1.82, 2.24) is 20.1 Å². The summed E-state index contributed by atoms with van der Waals surface area (Å²) >= 11 is 0. The van der Waals surface area contributed by atoms with E-state index in [9.17, 15) is 4.79 Å². The molecule has 0 unspecified atom stereocenters. The van der Waals surface area contributed by atoms with E-state index >= 15 is 0 Å². The van der Waals surface area contributed by atoms with Gasteiger partial charge in [-0.1, -0.05) is 55.0 Å². The smallest absolute Gasteiger partial charge is 0.264 e. The molecule has 29 heavy (non-hydrogen) atoms. The minimum atomic E-state index is -0.0681. The normalized spacial score (nSPS) is 11.1. The van der Waals surface area contributed by atoms with Gasteiger partial charge in [-0.2, -0.15) is 0 Å². The molecule has 4 aromatic rings. The molecule has 0 saturated heterocycles. The Kier molecular flexibility index (Phi) is 5.42. The number of amides is 1. The molecule has 0 fully saturated rings. The highest BCUT2D eigenvalue weighted by Crippen LogP contribution is 2.27. The van der Waals surface area contributed by atoms with Crippen molar-refractivity contribution in [2.75, 3.05) is 0 Å². The summed E-state index contributed by atoms with van der Waals surface area (Å²) < 4.78 is 7.76. The molecule has 0 atom stereocenters. The molecule has 2 heterocycles. The average molecular weight is 388 g/mol. The Morgan fingerprint density at radius 1 is 1.10 bits per heavy atom. The van der Waals surface area contributed by atoms with Crippen LogP contribution in [0.3, 0.4) is 0 Å². The van der Waals surface area contributed by atoms with E-state index in [1.807, 2.05) is 66.1 Å². The topological polar surface area (TPSA) is 73.0 Å². The van der Waals surface area contributed by atoms with Crippen LogP contribution in [0, 0.1) is 6.92 Å². The molecule has 6 heteroatoms. The van der Waals surface area contributed by atoms with Crippen molar-refractivity contribution >= 4 is 16.8 Å². The molecule has 1 N–H and O–H groups in total. The van der Waals surface area contributed by atoms with Gasteiger partial charge in [0.25, 0.3) is 5.89 Å². The first-order chi connectivity index (χ1) is 14.1. The summed E-state index contributed by atoms with van der Waals surface area (Å²) in [5.74, 6) is 0.987. The zero-order valence-electron chi connectivity index (χ0n) is 16.7. The van der Waals surface area contributed by atoms with Crippen molar-refractivity contribution in [3.05, 3.63) is 71.6 Å². The van der Waals surface area contributed by atoms with E-state index < -0.39 is 0 Å². The summed E-state index contributed by atoms with van der Waals surface area (Å²) in [6, 6.07) is 18.1. The van der Waals surface area contributed by atoms with Crippen molar-refractivity contribution in [3.63, 3.8) is 0 Å². The molecule has 0 saturated carbocycles. The Morgan fingerprint density at radius 2 is 1.90 bits per heavy atom. The zero-order chi connectivity index (χ0) is 20.2. The van der Waals surface area contributed by atoms with Gasteiger partial charge in [0.2, 0.25) is 11.8 Å². The lowest BCUT2D eigenvalue weighted by Gasteiger charge is -2.10. The number of rotatable bonds is 7. The predicted octanol–water partition coefficient (Wildman–Crippen LogP) is 4.27. The van der Waals surface area contributed by atoms with Gasteiger partial charge in [-0.05, 0) is 31.0 Å². The molecule has 0 bridgehead atoms. The van der Waals surface area contributed by atoms with Crippen LogP contribution < -0.4 is 5.32 Å². The molecule has 4 rings (SSSR count). The van der Waals surface area contributed by atoms with E-state index in [-0.39, 0.29) is 12.5 Å². The number of aromatic nitrogens is 3. The van der Waals surface area contributed by atoms with Crippen molar-refractivity contribution < 1.29 is 9.21 Å². The summed E-state index contributed by atoms with van der Waals surface area (Å²) in [5, 5.41) is 12.4. The van der Waals surface area contributed by atoms with E-state index in [1.165, 1.54) is 5.56 Å². The average Bonchev–Trinajstić information content (AvgIpc) is 3.33. The van der Waals surface area contributed by atoms with Gasteiger partial charge in [0, 0.05) is 23.9 Å². The predicted molar refractivity (Wildman–Crippen MR) is 112 cm³/mol. The zero-order valence-corrected chi connectivity index (χ0v) is 16.7. The first-order valence-electron chi connectivity index (χ1n) is 9.87. The van der Waals surface area contributed by atoms with E-state index in [0.717, 1.165) is 35.0 Å². The van der Waals surface area contributed by atoms with Crippen molar-refractivity contribution in [2.45, 2.75) is 39.8 Å². The van der Waals surface area contributed by atoms with E-state index in [4.69, 9.17) is 4.42 Å². The maximum absolute atomic E-state index is 12.7. The molecule has 2 aromatic heterocycles. The fourth-order valence-electron chi connectivity index (χ4n) is 3.34. The van der Waals surface area contributed by atoms with E-state index in [1.54, 1.807) is 0 Å². The molecule has 0 radical (unpaired) electrons. The highest BCUT2D eigenvalue weighted by molar-refractivity contribution is 5.88. The number of para-hydroxylation sites is 1. The minimum absolute atomic E-state index is 0.0681. The van der Waals surface area contributed by atoms with Crippen LogP contribution in [0.5, 0.6) is 0 Å². The maximum Gasteiger partial charge on any atom is 0.264 e. The monoisotopic (exact) mass is 388 g/mol. The number of carbonyl (C=O) groups is 1. The van der Waals surface area contributed by atoms with Crippen LogP contribution in [-0.2, 0) is 24.3 Å². The number of carbonyl (C=O) groups excluding carboxylic acids is 1. The summed E-state index contributed by atoms with van der Waals surface area (Å²) in [4.78, 5) is 12.7. The van der Waals surface area contributed by atoms with Gasteiger partial charge in [0.1, 0.15) is 12.2 Å². The van der Waals surface area contributed by atoms with Gasteiger partial charge in [0.05, 0.1) is 0 Å². The highest BCUT2D eigenvalue weighted by Gasteiger charge is 2.18. The Balaban J connectivity index is 1.58. The van der Waals surface area contributed by atoms with Gasteiger partial charge >= 0.3 is 0 Å². The van der Waals surface area contributed by atoms with Crippen LogP contribution in [0.25, 0.3) is 22.5 Å². The third-order valence-electron chi connectivity index (χ3n) is 4.87. The maximum atomic E-state index is 12.7. The first-order valence-corrected chi connectivity index (χ1v) is 9.87. The van der Waals surface area contributed by atoms with Gasteiger partial charge in [-0.15, -0.1) is 10.2 Å². The van der Waals surface area contributed by atoms with Crippen LogP contribution >= 0.6 is 0 Å². The lowest BCUT2D eigenvalue weighted by atomic mass is 10.1. The Morgan fingerprint density at radius 3 is 2.69 bits per heavy atom. The summed E-state index contributed by atoms with van der Waals surface area (Å²) in [6.45, 7) is 4.79. The lowest BCUT2D eigenvalue weighted by molar-refractivity contribution is -0.121. The minimum Gasteiger partial charge on any atom is -0.419 e. The summed E-state index contributed by atoms with van der Waals surface area (Å²) in [7, 11) is 0. The van der Waals surface area contributed by atoms with Crippen LogP contribution in [-0.4, -0.2) is 20.7 Å². The van der Waals surface area contributed by atoms with Gasteiger partial charge in [0.15, 0.2) is 0 Å². The molecule has 0 aliphatic rings. The van der Waals surface area contributed by atoms with Crippen LogP contribution in [0.15, 0.2) is 59.0 Å². The van der Waals surface area contributed by atoms with Crippen molar-refractivity contribution in [1.29, 1.82) is 0 Å². The second kappa shape index (κ2) is 8.31. The number of nitrogens with one attached hydrogen (secondary N) is 1. The fraction of sp³-hybridized carbons (Fsp3) is 0.261. The number of hydrogen-bond donors (Lipinski definition) is 1. The molecule has 0 aliphatic heterocycles. The summed E-state index contributed by atoms with van der Waals surface area (Å²) in [6.07, 6.45) is 1.68. The van der Waals surface area contributed by atoms with Gasteiger partial charge < -0.3 is 14.3 Å². The molecule has 0 spiro atoms. The molecule has 2 aromatic carbocycles. The SMILES string of the molecule is CCCc1nnc(-c2cc3ccccc3n2CC(=O)NCc2ccc(C)cc2)o1.